The molecule has 0 heterocycles. The molecule has 0 fully saturated rings. The van der Waals surface area contributed by atoms with Gasteiger partial charge in [-0.3, -0.25) is 18.6 Å². The average Bonchev–Trinajstić information content (AvgIpc) is 3.25. The van der Waals surface area contributed by atoms with E-state index in [2.05, 4.69) is 98.9 Å². The van der Waals surface area contributed by atoms with Crippen LogP contribution in [0.4, 0.5) is 0 Å². The molecule has 2 atom stereocenters. The molecule has 350 valence electrons. The van der Waals surface area contributed by atoms with Crippen LogP contribution in [0.15, 0.2) is 85.1 Å². The van der Waals surface area contributed by atoms with E-state index < -0.39 is 32.5 Å². The second-order valence-electron chi connectivity index (χ2n) is 15.6. The van der Waals surface area contributed by atoms with Crippen LogP contribution in [-0.2, 0) is 32.7 Å². The van der Waals surface area contributed by atoms with Crippen LogP contribution in [0.5, 0.6) is 0 Å². The Balaban J connectivity index is 4.17. The third kappa shape index (κ3) is 46.5. The summed E-state index contributed by atoms with van der Waals surface area (Å²) in [5.74, 6) is -0.875. The number of hydrogen-bond donors (Lipinski definition) is 2. The Morgan fingerprint density at radius 3 is 1.36 bits per heavy atom. The van der Waals surface area contributed by atoms with Crippen LogP contribution in [0.3, 0.4) is 0 Å². The average molecular weight is 874 g/mol. The molecular formula is C51H88NO8P. The van der Waals surface area contributed by atoms with Gasteiger partial charge in [0.25, 0.3) is 0 Å². The highest BCUT2D eigenvalue weighted by Crippen LogP contribution is 2.43. The van der Waals surface area contributed by atoms with Crippen molar-refractivity contribution in [1.29, 1.82) is 0 Å². The van der Waals surface area contributed by atoms with E-state index in [4.69, 9.17) is 24.3 Å². The van der Waals surface area contributed by atoms with Gasteiger partial charge in [0.2, 0.25) is 0 Å². The number of carbonyl (C=O) groups is 2. The number of esters is 2. The Bertz CT molecular complexity index is 1270. The zero-order valence-corrected chi connectivity index (χ0v) is 39.5. The number of phosphoric ester groups is 1. The Kier molecular flexibility index (Phi) is 44.5. The van der Waals surface area contributed by atoms with Gasteiger partial charge in [-0.05, 0) is 89.9 Å². The summed E-state index contributed by atoms with van der Waals surface area (Å²) in [5.41, 5.74) is 5.36. The summed E-state index contributed by atoms with van der Waals surface area (Å²) in [6.07, 6.45) is 59.0. The van der Waals surface area contributed by atoms with Gasteiger partial charge in [0, 0.05) is 19.4 Å². The zero-order chi connectivity index (χ0) is 44.6. The highest BCUT2D eigenvalue weighted by Gasteiger charge is 2.26. The lowest BCUT2D eigenvalue weighted by Gasteiger charge is -2.19. The Morgan fingerprint density at radius 1 is 0.508 bits per heavy atom. The molecule has 0 aliphatic rings. The van der Waals surface area contributed by atoms with Crippen LogP contribution in [0.25, 0.3) is 0 Å². The molecule has 0 aromatic carbocycles. The van der Waals surface area contributed by atoms with Gasteiger partial charge in [-0.15, -0.1) is 0 Å². The van der Waals surface area contributed by atoms with Gasteiger partial charge in [-0.2, -0.15) is 0 Å². The van der Waals surface area contributed by atoms with Crippen LogP contribution in [0, 0.1) is 0 Å². The first kappa shape index (κ1) is 58.2. The molecule has 0 radical (unpaired) electrons. The van der Waals surface area contributed by atoms with E-state index in [9.17, 15) is 19.0 Å². The van der Waals surface area contributed by atoms with Crippen molar-refractivity contribution in [2.45, 2.75) is 200 Å². The summed E-state index contributed by atoms with van der Waals surface area (Å²) in [7, 11) is -4.40. The fourth-order valence-corrected chi connectivity index (χ4v) is 6.99. The normalized spacial score (nSPS) is 14.0. The summed E-state index contributed by atoms with van der Waals surface area (Å²) < 4.78 is 32.8. The van der Waals surface area contributed by atoms with Crippen molar-refractivity contribution >= 4 is 19.8 Å². The highest BCUT2D eigenvalue weighted by atomic mass is 31.2. The molecule has 0 saturated carbocycles. The van der Waals surface area contributed by atoms with Crippen LogP contribution < -0.4 is 5.73 Å². The third-order valence-corrected chi connectivity index (χ3v) is 10.7. The van der Waals surface area contributed by atoms with E-state index >= 15 is 0 Å². The Labute approximate surface area is 373 Å². The summed E-state index contributed by atoms with van der Waals surface area (Å²) in [6.45, 7) is 3.56. The fourth-order valence-electron chi connectivity index (χ4n) is 6.22. The molecule has 0 rings (SSSR count). The number of nitrogens with two attached hydrogens (primary N) is 1. The van der Waals surface area contributed by atoms with E-state index in [0.29, 0.717) is 6.42 Å². The van der Waals surface area contributed by atoms with Crippen LogP contribution in [-0.4, -0.2) is 49.3 Å². The monoisotopic (exact) mass is 874 g/mol. The lowest BCUT2D eigenvalue weighted by Crippen LogP contribution is -2.29. The summed E-state index contributed by atoms with van der Waals surface area (Å²) in [4.78, 5) is 35.0. The number of ether oxygens (including phenoxy) is 2. The van der Waals surface area contributed by atoms with Gasteiger partial charge >= 0.3 is 19.8 Å². The second-order valence-corrected chi connectivity index (χ2v) is 17.0. The summed E-state index contributed by atoms with van der Waals surface area (Å²) >= 11 is 0. The molecule has 3 N–H and O–H groups in total. The minimum atomic E-state index is -4.40. The molecule has 0 aliphatic heterocycles. The topological polar surface area (TPSA) is 134 Å². The smallest absolute Gasteiger partial charge is 0.462 e. The van der Waals surface area contributed by atoms with Crippen molar-refractivity contribution in [1.82, 2.24) is 0 Å². The Hall–Kier alpha value is -2.81. The predicted octanol–water partition coefficient (Wildman–Crippen LogP) is 14.4. The molecule has 2 unspecified atom stereocenters. The van der Waals surface area contributed by atoms with Gasteiger partial charge in [0.1, 0.15) is 6.61 Å². The van der Waals surface area contributed by atoms with Crippen molar-refractivity contribution in [3.05, 3.63) is 85.1 Å². The predicted molar refractivity (Wildman–Crippen MR) is 256 cm³/mol. The van der Waals surface area contributed by atoms with Crippen molar-refractivity contribution < 1.29 is 37.6 Å². The standard InChI is InChI=1S/C51H88NO8P/c1-3-5-7-9-11-13-15-17-19-21-23-24-26-27-29-31-33-35-37-39-41-43-50(53)57-47-49(48-59-61(55,56)58-46-45-52)60-51(54)44-42-40-38-36-34-32-30-28-25-22-20-18-16-14-12-10-8-6-4-2/h6,8,12,14-15,17-18,20-21,23,25,28,32,34,49H,3-5,7,9-11,13,16,19,22,24,26-27,29-31,33,35-48,52H2,1-2H3,(H,55,56)/b8-6-,14-12-,17-15-,20-18-,23-21-,28-25-,34-32-. The van der Waals surface area contributed by atoms with Crippen molar-refractivity contribution in [3.8, 4) is 0 Å². The first-order chi connectivity index (χ1) is 29.8. The zero-order valence-electron chi connectivity index (χ0n) is 38.6. The van der Waals surface area contributed by atoms with Gasteiger partial charge in [0.05, 0.1) is 13.2 Å². The maximum absolute atomic E-state index is 12.6. The lowest BCUT2D eigenvalue weighted by molar-refractivity contribution is -0.161. The Morgan fingerprint density at radius 2 is 0.902 bits per heavy atom. The molecule has 0 amide bonds. The highest BCUT2D eigenvalue weighted by molar-refractivity contribution is 7.47. The van der Waals surface area contributed by atoms with Crippen LogP contribution >= 0.6 is 7.82 Å². The molecule has 61 heavy (non-hydrogen) atoms. The maximum atomic E-state index is 12.6. The number of unbranched alkanes of at least 4 members (excludes halogenated alkanes) is 17. The fraction of sp³-hybridized carbons (Fsp3) is 0.686. The van der Waals surface area contributed by atoms with E-state index in [1.54, 1.807) is 0 Å². The molecule has 0 aromatic rings. The molecule has 0 aromatic heterocycles. The van der Waals surface area contributed by atoms with Gasteiger partial charge < -0.3 is 20.1 Å². The van der Waals surface area contributed by atoms with E-state index in [0.717, 1.165) is 89.9 Å². The second kappa shape index (κ2) is 46.7. The van der Waals surface area contributed by atoms with E-state index in [-0.39, 0.29) is 32.6 Å². The maximum Gasteiger partial charge on any atom is 0.472 e. The first-order valence-corrected chi connectivity index (χ1v) is 25.6. The number of hydrogen-bond acceptors (Lipinski definition) is 8. The molecule has 0 aliphatic carbocycles. The first-order valence-electron chi connectivity index (χ1n) is 24.1. The van der Waals surface area contributed by atoms with Crippen molar-refractivity contribution in [2.75, 3.05) is 26.4 Å². The summed E-state index contributed by atoms with van der Waals surface area (Å²) in [5, 5.41) is 0. The van der Waals surface area contributed by atoms with Crippen molar-refractivity contribution in [2.24, 2.45) is 5.73 Å². The molecule has 9 nitrogen and oxygen atoms in total. The number of rotatable bonds is 44. The number of phosphoric acid groups is 1. The van der Waals surface area contributed by atoms with Crippen LogP contribution in [0.1, 0.15) is 194 Å². The molecule has 0 bridgehead atoms. The van der Waals surface area contributed by atoms with E-state index in [1.807, 2.05) is 0 Å². The van der Waals surface area contributed by atoms with Crippen molar-refractivity contribution in [3.63, 3.8) is 0 Å². The van der Waals surface area contributed by atoms with Crippen LogP contribution in [0.2, 0.25) is 0 Å². The molecule has 0 saturated heterocycles. The van der Waals surface area contributed by atoms with E-state index in [1.165, 1.54) is 70.6 Å². The molecular weight excluding hydrogens is 786 g/mol. The lowest BCUT2D eigenvalue weighted by atomic mass is 10.1. The minimum absolute atomic E-state index is 0.0427. The minimum Gasteiger partial charge on any atom is -0.462 e. The quantitative estimate of drug-likeness (QED) is 0.0265. The largest absolute Gasteiger partial charge is 0.472 e. The van der Waals surface area contributed by atoms with Gasteiger partial charge in [-0.1, -0.05) is 176 Å². The summed E-state index contributed by atoms with van der Waals surface area (Å²) in [6, 6.07) is 0. The molecule has 0 spiro atoms. The SMILES string of the molecule is CC/C=C\C/C=C\C/C=C\C/C=C\C/C=C\CCCCCC(=O)OC(COC(=O)CCCCCCCCCCC/C=C\C/C=C\CCCCCCC)COP(=O)(O)OCCN. The van der Waals surface area contributed by atoms with Gasteiger partial charge in [0.15, 0.2) is 6.10 Å². The third-order valence-electron chi connectivity index (χ3n) is 9.77. The number of allylic oxidation sites excluding steroid dienone is 14. The number of carbonyl (C=O) groups excluding carboxylic acids is 2. The van der Waals surface area contributed by atoms with Gasteiger partial charge in [-0.25, -0.2) is 4.57 Å². The molecule has 10 heteroatoms.